The van der Waals surface area contributed by atoms with Crippen LogP contribution < -0.4 is 19.5 Å². The Morgan fingerprint density at radius 1 is 1.02 bits per heavy atom. The van der Waals surface area contributed by atoms with Crippen molar-refractivity contribution in [1.82, 2.24) is 10.2 Å². The summed E-state index contributed by atoms with van der Waals surface area (Å²) >= 11 is 0. The van der Waals surface area contributed by atoms with E-state index in [1.54, 1.807) is 23.1 Å². The first kappa shape index (κ1) is 37.7. The third kappa shape index (κ3) is 7.84. The van der Waals surface area contributed by atoms with Crippen molar-refractivity contribution in [3.05, 3.63) is 59.2 Å². The van der Waals surface area contributed by atoms with Crippen molar-refractivity contribution in [1.29, 1.82) is 0 Å². The molecule has 4 aliphatic rings. The van der Waals surface area contributed by atoms with Crippen LogP contribution >= 0.6 is 0 Å². The maximum Gasteiger partial charge on any atom is 0.318 e. The number of allylic oxidation sites excluding steroid dienone is 1. The highest BCUT2D eigenvalue weighted by Gasteiger charge is 2.64. The number of aromatic hydroxyl groups is 1. The van der Waals surface area contributed by atoms with E-state index in [-0.39, 0.29) is 62.5 Å². The fraction of sp³-hybridized carbons (Fsp3) is 0.600. The van der Waals surface area contributed by atoms with Gasteiger partial charge in [0.2, 0.25) is 12.6 Å². The van der Waals surface area contributed by atoms with Gasteiger partial charge in [0.25, 0.3) is 0 Å². The van der Waals surface area contributed by atoms with Gasteiger partial charge in [0, 0.05) is 44.2 Å². The molecule has 1 saturated carbocycles. The lowest BCUT2D eigenvalue weighted by atomic mass is 9.55. The fourth-order valence-corrected chi connectivity index (χ4v) is 8.44. The number of benzene rings is 2. The van der Waals surface area contributed by atoms with Crippen LogP contribution in [0, 0.1) is 17.8 Å². The zero-order chi connectivity index (χ0) is 37.0. The summed E-state index contributed by atoms with van der Waals surface area (Å²) in [5.74, 6) is -0.859. The lowest BCUT2D eigenvalue weighted by molar-refractivity contribution is -0.228. The zero-order valence-electron chi connectivity index (χ0n) is 30.8. The van der Waals surface area contributed by atoms with Gasteiger partial charge in [-0.25, -0.2) is 4.79 Å². The van der Waals surface area contributed by atoms with Crippen molar-refractivity contribution >= 4 is 11.7 Å². The smallest absolute Gasteiger partial charge is 0.318 e. The van der Waals surface area contributed by atoms with Crippen molar-refractivity contribution in [3.63, 3.8) is 0 Å². The first-order valence-electron chi connectivity index (χ1n) is 18.8. The molecule has 2 aliphatic heterocycles. The molecule has 12 heteroatoms. The molecule has 284 valence electrons. The van der Waals surface area contributed by atoms with Crippen LogP contribution in [0.1, 0.15) is 96.1 Å². The maximum atomic E-state index is 14.3. The van der Waals surface area contributed by atoms with Crippen LogP contribution in [-0.4, -0.2) is 81.1 Å². The molecule has 52 heavy (non-hydrogen) atoms. The van der Waals surface area contributed by atoms with Crippen LogP contribution in [0.25, 0.3) is 0 Å². The number of carbonyl (C=O) groups is 1. The molecule has 6 rings (SSSR count). The molecule has 2 amide bonds. The van der Waals surface area contributed by atoms with E-state index in [2.05, 4.69) is 11.4 Å². The van der Waals surface area contributed by atoms with Crippen LogP contribution in [0.2, 0.25) is 0 Å². The Hall–Kier alpha value is -4.00. The Labute approximate surface area is 306 Å². The van der Waals surface area contributed by atoms with Crippen LogP contribution in [0.15, 0.2) is 53.2 Å². The maximum absolute atomic E-state index is 14.3. The molecular weight excluding hydrogens is 666 g/mol. The first-order chi connectivity index (χ1) is 25.0. The van der Waals surface area contributed by atoms with Crippen molar-refractivity contribution in [2.75, 3.05) is 26.6 Å². The Kier molecular flexibility index (Phi) is 11.6. The van der Waals surface area contributed by atoms with Gasteiger partial charge in [0.1, 0.15) is 23.1 Å². The van der Waals surface area contributed by atoms with Gasteiger partial charge in [0.15, 0.2) is 11.5 Å². The van der Waals surface area contributed by atoms with Gasteiger partial charge in [-0.1, -0.05) is 37.1 Å². The topological polar surface area (TPSA) is 163 Å². The number of carbonyl (C=O) groups excluding carboxylic acids is 1. The van der Waals surface area contributed by atoms with E-state index in [9.17, 15) is 25.2 Å². The summed E-state index contributed by atoms with van der Waals surface area (Å²) in [5, 5.41) is 51.2. The molecule has 2 aromatic carbocycles. The normalized spacial score (nSPS) is 26.6. The van der Waals surface area contributed by atoms with Gasteiger partial charge < -0.3 is 49.7 Å². The molecule has 5 N–H and O–H groups in total. The number of hydrogen-bond acceptors (Lipinski definition) is 10. The van der Waals surface area contributed by atoms with Crippen molar-refractivity contribution in [3.8, 4) is 23.0 Å². The number of amides is 2. The van der Waals surface area contributed by atoms with Crippen molar-refractivity contribution in [2.45, 2.75) is 109 Å². The number of oxime groups is 1. The summed E-state index contributed by atoms with van der Waals surface area (Å²) in [6.07, 6.45) is 7.52. The second kappa shape index (κ2) is 15.9. The van der Waals surface area contributed by atoms with E-state index in [0.29, 0.717) is 48.8 Å². The number of aliphatic hydroxyl groups excluding tert-OH is 2. The first-order valence-corrected chi connectivity index (χ1v) is 18.8. The number of nitrogens with zero attached hydrogens (tertiary/aromatic N) is 2. The third-order valence-electron chi connectivity index (χ3n) is 10.7. The SMILES string of the molecule is CCCN(C(=O)NCc1ccc2c(c1)OCO2)C1CC(=NOC(C)(C)C)C2=CC(CCCCO)C(CCCCO)C3c4cc(O)ccc4OC1(O)C23. The molecule has 2 aliphatic carbocycles. The van der Waals surface area contributed by atoms with E-state index in [0.717, 1.165) is 42.4 Å². The second-order valence-electron chi connectivity index (χ2n) is 15.5. The van der Waals surface area contributed by atoms with Gasteiger partial charge >= 0.3 is 6.03 Å². The van der Waals surface area contributed by atoms with Gasteiger partial charge in [-0.2, -0.15) is 0 Å². The summed E-state index contributed by atoms with van der Waals surface area (Å²) in [4.78, 5) is 22.0. The second-order valence-corrected chi connectivity index (χ2v) is 15.5. The highest BCUT2D eigenvalue weighted by Crippen LogP contribution is 2.60. The van der Waals surface area contributed by atoms with E-state index < -0.39 is 23.3 Å². The summed E-state index contributed by atoms with van der Waals surface area (Å²) < 4.78 is 17.7. The summed E-state index contributed by atoms with van der Waals surface area (Å²) in [7, 11) is 0. The predicted molar refractivity (Wildman–Crippen MR) is 195 cm³/mol. The van der Waals surface area contributed by atoms with Crippen LogP contribution in [0.5, 0.6) is 23.0 Å². The van der Waals surface area contributed by atoms with E-state index in [1.807, 2.05) is 45.9 Å². The molecule has 0 radical (unpaired) electrons. The minimum Gasteiger partial charge on any atom is -0.508 e. The number of hydrogen-bond donors (Lipinski definition) is 5. The number of aliphatic hydroxyl groups is 3. The third-order valence-corrected chi connectivity index (χ3v) is 10.7. The highest BCUT2D eigenvalue weighted by molar-refractivity contribution is 6.03. The molecule has 2 aromatic rings. The van der Waals surface area contributed by atoms with E-state index in [1.165, 1.54) is 0 Å². The number of unbranched alkanes of at least 4 members (excludes halogenated alkanes) is 2. The quantitative estimate of drug-likeness (QED) is 0.117. The molecular formula is C40H55N3O9. The van der Waals surface area contributed by atoms with Gasteiger partial charge in [-0.05, 0) is 106 Å². The Bertz CT molecular complexity index is 1640. The Morgan fingerprint density at radius 3 is 2.48 bits per heavy atom. The average molecular weight is 722 g/mol. The monoisotopic (exact) mass is 721 g/mol. The fourth-order valence-electron chi connectivity index (χ4n) is 8.44. The average Bonchev–Trinajstić information content (AvgIpc) is 3.58. The standard InChI is InChI=1S/C40H55N3O9/c1-5-16-43(38(47)41-23-25-12-14-33-34(19-25)50-24-49-33)35-22-31(42-52-39(2,3)4)29-20-26(10-6-8-17-44)28(11-7-9-18-45)36-30-21-27(46)13-15-32(30)51-40(35,48)37(29)36/h12-15,19-21,26,28,35-37,44-46,48H,5-11,16-18,22-24H2,1-4H3,(H,41,47). The van der Waals surface area contributed by atoms with Crippen LogP contribution in [0.3, 0.4) is 0 Å². The number of nitrogens with one attached hydrogen (secondary N) is 1. The minimum absolute atomic E-state index is 0.0120. The Morgan fingerprint density at radius 2 is 1.75 bits per heavy atom. The van der Waals surface area contributed by atoms with Crippen molar-refractivity contribution in [2.24, 2.45) is 22.9 Å². The number of ether oxygens (including phenoxy) is 3. The molecule has 2 heterocycles. The summed E-state index contributed by atoms with van der Waals surface area (Å²) in [6, 6.07) is 9.36. The molecule has 6 unspecified atom stereocenters. The molecule has 6 atom stereocenters. The summed E-state index contributed by atoms with van der Waals surface area (Å²) in [5.41, 5.74) is 2.53. The molecule has 1 fully saturated rings. The summed E-state index contributed by atoms with van der Waals surface area (Å²) in [6.45, 7) is 8.70. The van der Waals surface area contributed by atoms with Crippen LogP contribution in [-0.2, 0) is 11.4 Å². The largest absolute Gasteiger partial charge is 0.508 e. The Balaban J connectivity index is 1.44. The molecule has 0 bridgehead atoms. The molecule has 0 saturated heterocycles. The van der Waals surface area contributed by atoms with E-state index >= 15 is 0 Å². The van der Waals surface area contributed by atoms with E-state index in [4.69, 9.17) is 24.2 Å². The van der Waals surface area contributed by atoms with Gasteiger partial charge in [-0.15, -0.1) is 0 Å². The molecule has 12 nitrogen and oxygen atoms in total. The number of phenolic OH excluding ortho intramolecular Hbond substituents is 1. The van der Waals surface area contributed by atoms with Crippen LogP contribution in [0.4, 0.5) is 4.79 Å². The minimum atomic E-state index is -1.85. The molecule has 0 aromatic heterocycles. The number of urea groups is 1. The highest BCUT2D eigenvalue weighted by atomic mass is 16.7. The number of fused-ring (bicyclic) bond motifs is 3. The van der Waals surface area contributed by atoms with Gasteiger partial charge in [-0.3, -0.25) is 0 Å². The lowest BCUT2D eigenvalue weighted by Gasteiger charge is -2.58. The number of phenols is 1. The van der Waals surface area contributed by atoms with Gasteiger partial charge in [0.05, 0.1) is 11.6 Å². The zero-order valence-corrected chi connectivity index (χ0v) is 30.8. The molecule has 0 spiro atoms. The van der Waals surface area contributed by atoms with Crippen molar-refractivity contribution < 1.29 is 44.3 Å². The lowest BCUT2D eigenvalue weighted by Crippen LogP contribution is -2.69. The predicted octanol–water partition coefficient (Wildman–Crippen LogP) is 5.96. The number of rotatable bonds is 14.